The Labute approximate surface area is 218 Å². The Morgan fingerprint density at radius 1 is 0.829 bits per heavy atom. The summed E-state index contributed by atoms with van der Waals surface area (Å²) in [6.07, 6.45) is -2.39. The fourth-order valence-corrected chi connectivity index (χ4v) is 4.58. The predicted molar refractivity (Wildman–Crippen MR) is 131 cm³/mol. The van der Waals surface area contributed by atoms with Crippen molar-refractivity contribution in [3.63, 3.8) is 0 Å². The average molecular weight is 559 g/mol. The molecule has 0 bridgehead atoms. The Balaban J connectivity index is 1.57. The second-order valence-corrected chi connectivity index (χ2v) is 9.37. The molecule has 10 heteroatoms. The number of fused-ring (bicyclic) bond motifs is 1. The van der Waals surface area contributed by atoms with Gasteiger partial charge in [0.05, 0.1) is 38.7 Å². The van der Waals surface area contributed by atoms with Gasteiger partial charge in [0.2, 0.25) is 0 Å². The van der Waals surface area contributed by atoms with Crippen LogP contribution in [0.15, 0.2) is 60.7 Å². The molecule has 1 heterocycles. The van der Waals surface area contributed by atoms with Crippen LogP contribution in [-0.2, 0) is 6.54 Å². The van der Waals surface area contributed by atoms with E-state index in [-0.39, 0.29) is 32.2 Å². The number of amides is 2. The molecule has 3 aromatic rings. The summed E-state index contributed by atoms with van der Waals surface area (Å²) >= 11 is 24.0. The van der Waals surface area contributed by atoms with E-state index in [2.05, 4.69) is 0 Å². The topological polar surface area (TPSA) is 37.4 Å². The fraction of sp³-hybridized carbons (Fsp3) is 0.120. The molecule has 4 rings (SSSR count). The van der Waals surface area contributed by atoms with Crippen LogP contribution in [0.4, 0.5) is 13.2 Å². The highest BCUT2D eigenvalue weighted by Gasteiger charge is 2.39. The van der Waals surface area contributed by atoms with Gasteiger partial charge in [-0.3, -0.25) is 14.5 Å². The number of alkyl halides is 3. The van der Waals surface area contributed by atoms with Crippen LogP contribution in [0.25, 0.3) is 6.08 Å². The second kappa shape index (κ2) is 9.86. The van der Waals surface area contributed by atoms with Gasteiger partial charge in [-0.05, 0) is 47.0 Å². The molecule has 0 radical (unpaired) electrons. The molecular weight excluding hydrogens is 545 g/mol. The number of nitrogens with zero attached hydrogens (tertiary/aromatic N) is 1. The molecule has 1 aliphatic rings. The first-order valence-electron chi connectivity index (χ1n) is 10.1. The van der Waals surface area contributed by atoms with Gasteiger partial charge in [0, 0.05) is 5.02 Å². The van der Waals surface area contributed by atoms with Gasteiger partial charge in [-0.15, -0.1) is 0 Å². The maximum Gasteiger partial charge on any atom is 0.399 e. The molecule has 3 nitrogen and oxygen atoms in total. The minimum atomic E-state index is -4.62. The lowest BCUT2D eigenvalue weighted by atomic mass is 9.97. The van der Waals surface area contributed by atoms with Gasteiger partial charge >= 0.3 is 6.18 Å². The minimum absolute atomic E-state index is 0.0255. The zero-order valence-electron chi connectivity index (χ0n) is 17.5. The van der Waals surface area contributed by atoms with Crippen LogP contribution in [0.1, 0.15) is 43.3 Å². The maximum absolute atomic E-state index is 13.8. The molecule has 0 N–H and O–H groups in total. The number of imide groups is 1. The maximum atomic E-state index is 13.8. The summed E-state index contributed by atoms with van der Waals surface area (Å²) < 4.78 is 41.3. The van der Waals surface area contributed by atoms with Crippen molar-refractivity contribution >= 4 is 64.3 Å². The molecule has 0 saturated heterocycles. The van der Waals surface area contributed by atoms with Crippen molar-refractivity contribution < 1.29 is 22.8 Å². The number of carbonyl (C=O) groups is 2. The number of carbonyl (C=O) groups excluding carboxylic acids is 2. The number of rotatable bonds is 5. The van der Waals surface area contributed by atoms with E-state index in [4.69, 9.17) is 46.4 Å². The molecule has 35 heavy (non-hydrogen) atoms. The van der Waals surface area contributed by atoms with Crippen molar-refractivity contribution in [2.75, 3.05) is 0 Å². The lowest BCUT2D eigenvalue weighted by Crippen LogP contribution is -2.29. The van der Waals surface area contributed by atoms with Crippen molar-refractivity contribution in [3.8, 4) is 0 Å². The van der Waals surface area contributed by atoms with Crippen molar-refractivity contribution in [2.24, 2.45) is 0 Å². The molecule has 2 amide bonds. The fourth-order valence-electron chi connectivity index (χ4n) is 3.72. The Hall–Kier alpha value is -2.51. The van der Waals surface area contributed by atoms with Gasteiger partial charge in [0.25, 0.3) is 11.8 Å². The standard InChI is InChI=1S/C25H14Cl4F3NO2/c26-19-9-13(6-8-18(25(30,31)32)15-10-20(27)22(29)21(28)11-15)5-7-14(19)12-33-23(34)16-3-1-2-4-17(16)24(33)35/h1-11,18H,12H2. The first-order chi connectivity index (χ1) is 16.5. The van der Waals surface area contributed by atoms with Crippen LogP contribution in [-0.4, -0.2) is 22.9 Å². The smallest absolute Gasteiger partial charge is 0.270 e. The van der Waals surface area contributed by atoms with Crippen LogP contribution in [0, 0.1) is 0 Å². The van der Waals surface area contributed by atoms with Gasteiger partial charge in [-0.25, -0.2) is 0 Å². The molecular formula is C25H14Cl4F3NO2. The molecule has 1 aliphatic heterocycles. The highest BCUT2D eigenvalue weighted by atomic mass is 35.5. The van der Waals surface area contributed by atoms with Crippen molar-refractivity contribution in [1.82, 2.24) is 4.90 Å². The highest BCUT2D eigenvalue weighted by molar-refractivity contribution is 6.48. The Morgan fingerprint density at radius 3 is 1.91 bits per heavy atom. The minimum Gasteiger partial charge on any atom is -0.270 e. The molecule has 180 valence electrons. The van der Waals surface area contributed by atoms with E-state index in [1.54, 1.807) is 36.4 Å². The molecule has 0 saturated carbocycles. The third kappa shape index (κ3) is 5.21. The van der Waals surface area contributed by atoms with Gasteiger partial charge in [-0.2, -0.15) is 13.2 Å². The van der Waals surface area contributed by atoms with Crippen LogP contribution in [0.3, 0.4) is 0 Å². The van der Waals surface area contributed by atoms with Crippen LogP contribution < -0.4 is 0 Å². The second-order valence-electron chi connectivity index (χ2n) is 7.77. The lowest BCUT2D eigenvalue weighted by molar-refractivity contribution is -0.139. The largest absolute Gasteiger partial charge is 0.399 e. The highest BCUT2D eigenvalue weighted by Crippen LogP contribution is 2.41. The third-order valence-corrected chi connectivity index (χ3v) is 7.03. The van der Waals surface area contributed by atoms with Crippen LogP contribution >= 0.6 is 46.4 Å². The van der Waals surface area contributed by atoms with E-state index >= 15 is 0 Å². The van der Waals surface area contributed by atoms with E-state index in [9.17, 15) is 22.8 Å². The third-order valence-electron chi connectivity index (χ3n) is 5.48. The quantitative estimate of drug-likeness (QED) is 0.233. The zero-order valence-corrected chi connectivity index (χ0v) is 20.6. The van der Waals surface area contributed by atoms with Gasteiger partial charge < -0.3 is 0 Å². The molecule has 0 aliphatic carbocycles. The van der Waals surface area contributed by atoms with E-state index < -0.39 is 23.9 Å². The van der Waals surface area contributed by atoms with Gasteiger partial charge in [0.1, 0.15) is 0 Å². The summed E-state index contributed by atoms with van der Waals surface area (Å²) in [5.74, 6) is -2.86. The molecule has 0 aromatic heterocycles. The van der Waals surface area contributed by atoms with E-state index in [1.807, 2.05) is 0 Å². The number of hydrogen-bond donors (Lipinski definition) is 0. The first kappa shape index (κ1) is 25.6. The van der Waals surface area contributed by atoms with Crippen molar-refractivity contribution in [3.05, 3.63) is 109 Å². The molecule has 1 atom stereocenters. The predicted octanol–water partition coefficient (Wildman–Crippen LogP) is 8.46. The van der Waals surface area contributed by atoms with Crippen LogP contribution in [0.2, 0.25) is 20.1 Å². The Morgan fingerprint density at radius 2 is 1.40 bits per heavy atom. The van der Waals surface area contributed by atoms with Gasteiger partial charge in [0.15, 0.2) is 0 Å². The zero-order chi connectivity index (χ0) is 25.5. The van der Waals surface area contributed by atoms with E-state index in [0.29, 0.717) is 22.3 Å². The monoisotopic (exact) mass is 557 g/mol. The summed E-state index contributed by atoms with van der Waals surface area (Å²) in [5.41, 5.74) is 1.33. The van der Waals surface area contributed by atoms with Crippen molar-refractivity contribution in [1.29, 1.82) is 0 Å². The van der Waals surface area contributed by atoms with Crippen LogP contribution in [0.5, 0.6) is 0 Å². The van der Waals surface area contributed by atoms with E-state index in [0.717, 1.165) is 23.1 Å². The normalized spacial score (nSPS) is 14.7. The Bertz CT molecular complexity index is 1310. The summed E-state index contributed by atoms with van der Waals surface area (Å²) in [5, 5.41) is 0.00186. The summed E-state index contributed by atoms with van der Waals surface area (Å²) in [7, 11) is 0. The summed E-state index contributed by atoms with van der Waals surface area (Å²) in [6.45, 7) is -0.0673. The van der Waals surface area contributed by atoms with Gasteiger partial charge in [-0.1, -0.05) is 82.8 Å². The SMILES string of the molecule is O=C1c2ccccc2C(=O)N1Cc1ccc(C=CC(c2cc(Cl)c(Cl)c(Cl)c2)C(F)(F)F)cc1Cl. The van der Waals surface area contributed by atoms with Crippen molar-refractivity contribution in [2.45, 2.75) is 18.6 Å². The number of allylic oxidation sites excluding steroid dienone is 1. The molecule has 0 spiro atoms. The number of halogens is 7. The summed E-state index contributed by atoms with van der Waals surface area (Å²) in [6, 6.07) is 13.3. The number of hydrogen-bond acceptors (Lipinski definition) is 2. The Kier molecular flexibility index (Phi) is 7.21. The lowest BCUT2D eigenvalue weighted by Gasteiger charge is -2.18. The molecule has 1 unspecified atom stereocenters. The molecule has 3 aromatic carbocycles. The molecule has 0 fully saturated rings. The average Bonchev–Trinajstić information content (AvgIpc) is 3.03. The summed E-state index contributed by atoms with van der Waals surface area (Å²) in [4.78, 5) is 26.2. The number of benzene rings is 3. The first-order valence-corrected chi connectivity index (χ1v) is 11.6. The van der Waals surface area contributed by atoms with E-state index in [1.165, 1.54) is 12.1 Å².